The van der Waals surface area contributed by atoms with E-state index in [0.29, 0.717) is 25.0 Å². The molecule has 1 saturated heterocycles. The quantitative estimate of drug-likeness (QED) is 0.645. The summed E-state index contributed by atoms with van der Waals surface area (Å²) in [6.45, 7) is 4.91. The Bertz CT molecular complexity index is 237. The molecule has 5 heteroatoms. The maximum absolute atomic E-state index is 11.4. The predicted octanol–water partition coefficient (Wildman–Crippen LogP) is 0.217. The first-order chi connectivity index (χ1) is 8.08. The Labute approximate surface area is 104 Å². The van der Waals surface area contributed by atoms with Crippen molar-refractivity contribution in [1.82, 2.24) is 15.8 Å². The SMILES string of the molecule is CNC(=O)CC(CN)NN1C(C)CCCC1C. The Hall–Kier alpha value is -0.650. The van der Waals surface area contributed by atoms with Crippen LogP contribution in [0.4, 0.5) is 0 Å². The number of nitrogens with zero attached hydrogens (tertiary/aromatic N) is 1. The standard InChI is InChI=1S/C12H26N4O/c1-9-5-4-6-10(2)16(9)15-11(8-13)7-12(17)14-3/h9-11,15H,4-8,13H2,1-3H3,(H,14,17). The summed E-state index contributed by atoms with van der Waals surface area (Å²) >= 11 is 0. The third kappa shape index (κ3) is 4.26. The number of rotatable bonds is 5. The molecule has 3 unspecified atom stereocenters. The van der Waals surface area contributed by atoms with E-state index in [1.54, 1.807) is 7.05 Å². The van der Waals surface area contributed by atoms with E-state index in [9.17, 15) is 4.79 Å². The summed E-state index contributed by atoms with van der Waals surface area (Å²) in [5.41, 5.74) is 9.13. The molecule has 1 heterocycles. The molecule has 5 nitrogen and oxygen atoms in total. The molecule has 1 rings (SSSR count). The summed E-state index contributed by atoms with van der Waals surface area (Å²) < 4.78 is 0. The van der Waals surface area contributed by atoms with Gasteiger partial charge >= 0.3 is 0 Å². The van der Waals surface area contributed by atoms with Gasteiger partial charge in [-0.05, 0) is 26.7 Å². The van der Waals surface area contributed by atoms with Crippen LogP contribution in [0.3, 0.4) is 0 Å². The molecule has 0 spiro atoms. The van der Waals surface area contributed by atoms with Gasteiger partial charge in [0.1, 0.15) is 0 Å². The van der Waals surface area contributed by atoms with Crippen LogP contribution in [0.2, 0.25) is 0 Å². The number of amides is 1. The lowest BCUT2D eigenvalue weighted by atomic mass is 9.99. The average molecular weight is 242 g/mol. The average Bonchev–Trinajstić information content (AvgIpc) is 2.32. The zero-order valence-corrected chi connectivity index (χ0v) is 11.2. The number of nitrogens with one attached hydrogen (secondary N) is 2. The lowest BCUT2D eigenvalue weighted by molar-refractivity contribution is -0.121. The summed E-state index contributed by atoms with van der Waals surface area (Å²) in [5, 5.41) is 4.90. The number of carbonyl (C=O) groups is 1. The molecule has 1 aliphatic heterocycles. The Morgan fingerprint density at radius 2 is 2.00 bits per heavy atom. The highest BCUT2D eigenvalue weighted by molar-refractivity contribution is 5.76. The zero-order valence-electron chi connectivity index (χ0n) is 11.2. The first-order valence-electron chi connectivity index (χ1n) is 6.53. The minimum atomic E-state index is 0.0259. The summed E-state index contributed by atoms with van der Waals surface area (Å²) in [4.78, 5) is 11.4. The highest BCUT2D eigenvalue weighted by atomic mass is 16.1. The summed E-state index contributed by atoms with van der Waals surface area (Å²) in [7, 11) is 1.65. The van der Waals surface area contributed by atoms with Crippen molar-refractivity contribution in [3.63, 3.8) is 0 Å². The van der Waals surface area contributed by atoms with Gasteiger partial charge in [-0.1, -0.05) is 6.42 Å². The molecule has 4 N–H and O–H groups in total. The van der Waals surface area contributed by atoms with Crippen molar-refractivity contribution in [1.29, 1.82) is 0 Å². The van der Waals surface area contributed by atoms with E-state index < -0.39 is 0 Å². The lowest BCUT2D eigenvalue weighted by Crippen LogP contribution is -2.57. The van der Waals surface area contributed by atoms with Crippen molar-refractivity contribution in [2.24, 2.45) is 5.73 Å². The highest BCUT2D eigenvalue weighted by Crippen LogP contribution is 2.20. The van der Waals surface area contributed by atoms with E-state index in [2.05, 4.69) is 29.6 Å². The number of carbonyl (C=O) groups excluding carboxylic acids is 1. The van der Waals surface area contributed by atoms with Crippen LogP contribution in [0.25, 0.3) is 0 Å². The smallest absolute Gasteiger partial charge is 0.221 e. The van der Waals surface area contributed by atoms with Gasteiger partial charge in [0.25, 0.3) is 0 Å². The second-order valence-corrected chi connectivity index (χ2v) is 4.98. The Morgan fingerprint density at radius 3 is 2.47 bits per heavy atom. The van der Waals surface area contributed by atoms with Crippen LogP contribution >= 0.6 is 0 Å². The van der Waals surface area contributed by atoms with E-state index in [1.807, 2.05) is 0 Å². The second kappa shape index (κ2) is 6.93. The van der Waals surface area contributed by atoms with Gasteiger partial charge in [0, 0.05) is 38.1 Å². The van der Waals surface area contributed by atoms with Crippen molar-refractivity contribution in [2.75, 3.05) is 13.6 Å². The lowest BCUT2D eigenvalue weighted by Gasteiger charge is -2.41. The van der Waals surface area contributed by atoms with E-state index >= 15 is 0 Å². The van der Waals surface area contributed by atoms with Crippen molar-refractivity contribution >= 4 is 5.91 Å². The maximum atomic E-state index is 11.4. The van der Waals surface area contributed by atoms with E-state index in [4.69, 9.17) is 5.73 Å². The van der Waals surface area contributed by atoms with Crippen molar-refractivity contribution in [3.05, 3.63) is 0 Å². The number of nitrogens with two attached hydrogens (primary N) is 1. The van der Waals surface area contributed by atoms with E-state index in [1.165, 1.54) is 19.3 Å². The van der Waals surface area contributed by atoms with Crippen LogP contribution in [-0.4, -0.2) is 42.6 Å². The van der Waals surface area contributed by atoms with Gasteiger partial charge in [-0.15, -0.1) is 0 Å². The third-order valence-corrected chi connectivity index (χ3v) is 3.52. The van der Waals surface area contributed by atoms with Crippen LogP contribution in [0.5, 0.6) is 0 Å². The molecule has 0 aliphatic carbocycles. The monoisotopic (exact) mass is 242 g/mol. The third-order valence-electron chi connectivity index (χ3n) is 3.52. The fourth-order valence-corrected chi connectivity index (χ4v) is 2.39. The molecule has 17 heavy (non-hydrogen) atoms. The van der Waals surface area contributed by atoms with Gasteiger partial charge in [-0.2, -0.15) is 0 Å². The number of hydrazine groups is 1. The molecule has 1 fully saturated rings. The summed E-state index contributed by atoms with van der Waals surface area (Å²) in [6, 6.07) is 1.05. The molecule has 0 aromatic carbocycles. The van der Waals surface area contributed by atoms with Crippen molar-refractivity contribution in [3.8, 4) is 0 Å². The Balaban J connectivity index is 2.50. The van der Waals surface area contributed by atoms with E-state index in [-0.39, 0.29) is 11.9 Å². The van der Waals surface area contributed by atoms with Crippen molar-refractivity contribution < 1.29 is 4.79 Å². The van der Waals surface area contributed by atoms with Crippen LogP contribution in [0, 0.1) is 0 Å². The number of piperidine rings is 1. The van der Waals surface area contributed by atoms with Crippen LogP contribution in [-0.2, 0) is 4.79 Å². The number of hydrogen-bond acceptors (Lipinski definition) is 4. The van der Waals surface area contributed by atoms with Gasteiger partial charge in [0.15, 0.2) is 0 Å². The normalized spacial score (nSPS) is 27.8. The topological polar surface area (TPSA) is 70.4 Å². The van der Waals surface area contributed by atoms with Crippen LogP contribution in [0.15, 0.2) is 0 Å². The molecule has 0 saturated carbocycles. The summed E-state index contributed by atoms with van der Waals surface area (Å²) in [5.74, 6) is 0.0327. The number of hydrogen-bond donors (Lipinski definition) is 3. The van der Waals surface area contributed by atoms with E-state index in [0.717, 1.165) is 0 Å². The molecule has 100 valence electrons. The molecule has 0 bridgehead atoms. The first-order valence-corrected chi connectivity index (χ1v) is 6.53. The minimum Gasteiger partial charge on any atom is -0.359 e. The molecule has 1 amide bonds. The first kappa shape index (κ1) is 14.4. The molecular weight excluding hydrogens is 216 g/mol. The zero-order chi connectivity index (χ0) is 12.8. The minimum absolute atomic E-state index is 0.0259. The molecule has 1 aliphatic rings. The molecule has 0 aromatic heterocycles. The van der Waals surface area contributed by atoms with Crippen LogP contribution in [0.1, 0.15) is 39.5 Å². The fraction of sp³-hybridized carbons (Fsp3) is 0.917. The predicted molar refractivity (Wildman–Crippen MR) is 69.3 cm³/mol. The highest BCUT2D eigenvalue weighted by Gasteiger charge is 2.26. The van der Waals surface area contributed by atoms with Gasteiger partial charge in [0.2, 0.25) is 5.91 Å². The van der Waals surface area contributed by atoms with Gasteiger partial charge in [-0.3, -0.25) is 4.79 Å². The Kier molecular flexibility index (Phi) is 5.88. The molecular formula is C12H26N4O. The van der Waals surface area contributed by atoms with Gasteiger partial charge in [0.05, 0.1) is 0 Å². The molecule has 0 radical (unpaired) electrons. The summed E-state index contributed by atoms with van der Waals surface area (Å²) in [6.07, 6.45) is 4.12. The second-order valence-electron chi connectivity index (χ2n) is 4.98. The van der Waals surface area contributed by atoms with Gasteiger partial charge < -0.3 is 11.1 Å². The van der Waals surface area contributed by atoms with Crippen molar-refractivity contribution in [2.45, 2.75) is 57.7 Å². The molecule has 3 atom stereocenters. The van der Waals surface area contributed by atoms with Gasteiger partial charge in [-0.25, -0.2) is 10.4 Å². The largest absolute Gasteiger partial charge is 0.359 e. The van der Waals surface area contributed by atoms with Crippen LogP contribution < -0.4 is 16.5 Å². The Morgan fingerprint density at radius 1 is 1.41 bits per heavy atom. The molecule has 0 aromatic rings. The maximum Gasteiger partial charge on any atom is 0.221 e. The fourth-order valence-electron chi connectivity index (χ4n) is 2.39.